The van der Waals surface area contributed by atoms with Crippen molar-refractivity contribution < 1.29 is 4.74 Å². The van der Waals surface area contributed by atoms with E-state index in [2.05, 4.69) is 34.1 Å². The van der Waals surface area contributed by atoms with E-state index >= 15 is 0 Å². The molecule has 18 heavy (non-hydrogen) atoms. The first-order valence-electron chi connectivity index (χ1n) is 6.11. The summed E-state index contributed by atoms with van der Waals surface area (Å²) >= 11 is 0. The number of nitrogens with one attached hydrogen (secondary N) is 1. The van der Waals surface area contributed by atoms with Crippen molar-refractivity contribution in [3.8, 4) is 0 Å². The van der Waals surface area contributed by atoms with Crippen LogP contribution in [0.25, 0.3) is 11.2 Å². The molecule has 0 amide bonds. The molecule has 6 nitrogen and oxygen atoms in total. The second kappa shape index (κ2) is 5.77. The van der Waals surface area contributed by atoms with E-state index in [0.29, 0.717) is 12.5 Å². The van der Waals surface area contributed by atoms with E-state index in [1.165, 1.54) is 0 Å². The highest BCUT2D eigenvalue weighted by molar-refractivity contribution is 5.82. The number of aromatic nitrogens is 4. The van der Waals surface area contributed by atoms with E-state index in [0.717, 1.165) is 30.1 Å². The van der Waals surface area contributed by atoms with Gasteiger partial charge in [-0.05, 0) is 5.92 Å². The van der Waals surface area contributed by atoms with Crippen LogP contribution < -0.4 is 5.32 Å². The fourth-order valence-electron chi connectivity index (χ4n) is 1.66. The van der Waals surface area contributed by atoms with Crippen LogP contribution in [0.2, 0.25) is 0 Å². The number of fused-ring (bicyclic) bond motifs is 1. The number of methoxy groups -OCH3 is 1. The quantitative estimate of drug-likeness (QED) is 0.841. The molecule has 0 fully saturated rings. The maximum Gasteiger partial charge on any atom is 0.165 e. The SMILES string of the molecule is COCCn1cnc2c(NCC(C)C)ncnc21. The van der Waals surface area contributed by atoms with Gasteiger partial charge < -0.3 is 14.6 Å². The van der Waals surface area contributed by atoms with Gasteiger partial charge in [0, 0.05) is 20.2 Å². The van der Waals surface area contributed by atoms with Crippen molar-refractivity contribution in [1.82, 2.24) is 19.5 Å². The zero-order chi connectivity index (χ0) is 13.0. The third-order valence-corrected chi connectivity index (χ3v) is 2.62. The molecule has 2 aromatic rings. The number of nitrogens with zero attached hydrogens (tertiary/aromatic N) is 4. The third-order valence-electron chi connectivity index (χ3n) is 2.62. The van der Waals surface area contributed by atoms with Crippen LogP contribution in [0.4, 0.5) is 5.82 Å². The summed E-state index contributed by atoms with van der Waals surface area (Å²) in [5.74, 6) is 1.36. The van der Waals surface area contributed by atoms with E-state index in [9.17, 15) is 0 Å². The van der Waals surface area contributed by atoms with Gasteiger partial charge in [0.25, 0.3) is 0 Å². The predicted octanol–water partition coefficient (Wildman–Crippen LogP) is 1.54. The van der Waals surface area contributed by atoms with E-state index in [-0.39, 0.29) is 0 Å². The molecule has 98 valence electrons. The van der Waals surface area contributed by atoms with Gasteiger partial charge in [0.2, 0.25) is 0 Å². The Bertz CT molecular complexity index is 508. The zero-order valence-electron chi connectivity index (χ0n) is 11.1. The highest BCUT2D eigenvalue weighted by Crippen LogP contribution is 2.17. The molecule has 0 unspecified atom stereocenters. The molecular formula is C12H19N5O. The fraction of sp³-hybridized carbons (Fsp3) is 0.583. The van der Waals surface area contributed by atoms with Crippen molar-refractivity contribution in [2.24, 2.45) is 5.92 Å². The van der Waals surface area contributed by atoms with Gasteiger partial charge in [-0.1, -0.05) is 13.8 Å². The van der Waals surface area contributed by atoms with Crippen molar-refractivity contribution in [2.45, 2.75) is 20.4 Å². The largest absolute Gasteiger partial charge is 0.383 e. The molecule has 0 saturated heterocycles. The molecule has 2 heterocycles. The molecule has 1 N–H and O–H groups in total. The van der Waals surface area contributed by atoms with Crippen molar-refractivity contribution in [1.29, 1.82) is 0 Å². The Morgan fingerprint density at radius 2 is 2.17 bits per heavy atom. The molecule has 0 bridgehead atoms. The molecule has 0 aliphatic heterocycles. The summed E-state index contributed by atoms with van der Waals surface area (Å²) in [6.45, 7) is 6.57. The number of ether oxygens (including phenoxy) is 1. The Morgan fingerprint density at radius 3 is 2.89 bits per heavy atom. The molecule has 2 rings (SSSR count). The zero-order valence-corrected chi connectivity index (χ0v) is 11.1. The van der Waals surface area contributed by atoms with Gasteiger partial charge >= 0.3 is 0 Å². The number of rotatable bonds is 6. The highest BCUT2D eigenvalue weighted by Gasteiger charge is 2.09. The first-order valence-corrected chi connectivity index (χ1v) is 6.11. The van der Waals surface area contributed by atoms with Crippen LogP contribution in [0.1, 0.15) is 13.8 Å². The van der Waals surface area contributed by atoms with Crippen molar-refractivity contribution in [3.05, 3.63) is 12.7 Å². The molecule has 0 spiro atoms. The van der Waals surface area contributed by atoms with Crippen LogP contribution in [0.15, 0.2) is 12.7 Å². The van der Waals surface area contributed by atoms with E-state index < -0.39 is 0 Å². The van der Waals surface area contributed by atoms with Crippen LogP contribution >= 0.6 is 0 Å². The lowest BCUT2D eigenvalue weighted by Crippen LogP contribution is -2.10. The molecule has 0 aliphatic carbocycles. The molecular weight excluding hydrogens is 230 g/mol. The Balaban J connectivity index is 2.24. The van der Waals surface area contributed by atoms with Crippen molar-refractivity contribution >= 4 is 17.0 Å². The lowest BCUT2D eigenvalue weighted by atomic mass is 10.2. The second-order valence-corrected chi connectivity index (χ2v) is 4.60. The number of anilines is 1. The van der Waals surface area contributed by atoms with Crippen LogP contribution in [0.3, 0.4) is 0 Å². The number of hydrogen-bond donors (Lipinski definition) is 1. The van der Waals surface area contributed by atoms with Gasteiger partial charge in [-0.25, -0.2) is 15.0 Å². The minimum absolute atomic E-state index is 0.561. The first kappa shape index (κ1) is 12.8. The summed E-state index contributed by atoms with van der Waals surface area (Å²) in [5.41, 5.74) is 1.66. The Hall–Kier alpha value is -1.69. The Kier molecular flexibility index (Phi) is 4.09. The van der Waals surface area contributed by atoms with Crippen molar-refractivity contribution in [2.75, 3.05) is 25.6 Å². The minimum atomic E-state index is 0.561. The molecule has 2 aromatic heterocycles. The van der Waals surface area contributed by atoms with E-state index in [1.54, 1.807) is 19.8 Å². The topological polar surface area (TPSA) is 64.9 Å². The lowest BCUT2D eigenvalue weighted by molar-refractivity contribution is 0.188. The summed E-state index contributed by atoms with van der Waals surface area (Å²) < 4.78 is 7.04. The Labute approximate surface area is 106 Å². The second-order valence-electron chi connectivity index (χ2n) is 4.60. The summed E-state index contributed by atoms with van der Waals surface area (Å²) in [7, 11) is 1.68. The van der Waals surface area contributed by atoms with Gasteiger partial charge in [-0.15, -0.1) is 0 Å². The number of hydrogen-bond acceptors (Lipinski definition) is 5. The third kappa shape index (κ3) is 2.76. The van der Waals surface area contributed by atoms with Gasteiger partial charge in [-0.3, -0.25) is 0 Å². The standard InChI is InChI=1S/C12H19N5O/c1-9(2)6-13-11-10-12(15-7-14-11)17(8-16-10)4-5-18-3/h7-9H,4-6H2,1-3H3,(H,13,14,15). The van der Waals surface area contributed by atoms with E-state index in [1.807, 2.05) is 4.57 Å². The maximum atomic E-state index is 5.07. The van der Waals surface area contributed by atoms with Crippen molar-refractivity contribution in [3.63, 3.8) is 0 Å². The smallest absolute Gasteiger partial charge is 0.165 e. The average molecular weight is 249 g/mol. The highest BCUT2D eigenvalue weighted by atomic mass is 16.5. The summed E-state index contributed by atoms with van der Waals surface area (Å²) in [6.07, 6.45) is 3.34. The molecule has 0 aliphatic rings. The fourth-order valence-corrected chi connectivity index (χ4v) is 1.66. The first-order chi connectivity index (χ1) is 8.72. The van der Waals surface area contributed by atoms with Crippen LogP contribution in [0.5, 0.6) is 0 Å². The van der Waals surface area contributed by atoms with Crippen LogP contribution in [-0.2, 0) is 11.3 Å². The monoisotopic (exact) mass is 249 g/mol. The van der Waals surface area contributed by atoms with E-state index in [4.69, 9.17) is 4.74 Å². The number of imidazole rings is 1. The Morgan fingerprint density at radius 1 is 1.33 bits per heavy atom. The van der Waals surface area contributed by atoms with Crippen LogP contribution in [0, 0.1) is 5.92 Å². The summed E-state index contributed by atoms with van der Waals surface area (Å²) in [4.78, 5) is 12.9. The average Bonchev–Trinajstić information content (AvgIpc) is 2.77. The lowest BCUT2D eigenvalue weighted by Gasteiger charge is -2.08. The minimum Gasteiger partial charge on any atom is -0.383 e. The molecule has 0 radical (unpaired) electrons. The summed E-state index contributed by atoms with van der Waals surface area (Å²) in [5, 5.41) is 3.30. The van der Waals surface area contributed by atoms with Crippen LogP contribution in [-0.4, -0.2) is 39.8 Å². The maximum absolute atomic E-state index is 5.07. The predicted molar refractivity (Wildman–Crippen MR) is 70.5 cm³/mol. The van der Waals surface area contributed by atoms with Gasteiger partial charge in [-0.2, -0.15) is 0 Å². The van der Waals surface area contributed by atoms with Gasteiger partial charge in [0.1, 0.15) is 11.8 Å². The van der Waals surface area contributed by atoms with Gasteiger partial charge in [0.15, 0.2) is 11.5 Å². The molecule has 0 saturated carbocycles. The molecule has 6 heteroatoms. The molecule has 0 atom stereocenters. The molecule has 0 aromatic carbocycles. The summed E-state index contributed by atoms with van der Waals surface area (Å²) in [6, 6.07) is 0. The normalized spacial score (nSPS) is 11.3. The van der Waals surface area contributed by atoms with Gasteiger partial charge in [0.05, 0.1) is 12.9 Å².